The predicted octanol–water partition coefficient (Wildman–Crippen LogP) is 2.69. The highest BCUT2D eigenvalue weighted by molar-refractivity contribution is 5.86. The fraction of sp³-hybridized carbons (Fsp3) is 0.762. The summed E-state index contributed by atoms with van der Waals surface area (Å²) in [6.07, 6.45) is 13.5. The average molecular weight is 373 g/mol. The van der Waals surface area contributed by atoms with Crippen LogP contribution in [0.4, 0.5) is 0 Å². The first kappa shape index (κ1) is 18.5. The van der Waals surface area contributed by atoms with Crippen LogP contribution in [0.3, 0.4) is 0 Å². The summed E-state index contributed by atoms with van der Waals surface area (Å²) in [5.74, 6) is 1.16. The second-order valence-electron chi connectivity index (χ2n) is 8.72. The number of likely N-dealkylation sites (tertiary alicyclic amines) is 2. The maximum atomic E-state index is 13.3. The first-order chi connectivity index (χ1) is 13.2. The van der Waals surface area contributed by atoms with Crippen molar-refractivity contribution in [2.75, 3.05) is 26.2 Å². The third-order valence-electron chi connectivity index (χ3n) is 6.85. The van der Waals surface area contributed by atoms with Crippen LogP contribution in [0.2, 0.25) is 0 Å². The first-order valence-electron chi connectivity index (χ1n) is 10.7. The molecule has 1 aliphatic carbocycles. The van der Waals surface area contributed by atoms with E-state index in [0.29, 0.717) is 31.3 Å². The molecule has 1 aromatic heterocycles. The predicted molar refractivity (Wildman–Crippen MR) is 103 cm³/mol. The van der Waals surface area contributed by atoms with E-state index in [0.717, 1.165) is 38.9 Å². The molecule has 2 amide bonds. The van der Waals surface area contributed by atoms with Gasteiger partial charge in [0.15, 0.2) is 0 Å². The molecule has 6 nitrogen and oxygen atoms in total. The molecule has 0 bridgehead atoms. The monoisotopic (exact) mass is 372 g/mol. The van der Waals surface area contributed by atoms with Gasteiger partial charge in [-0.3, -0.25) is 14.3 Å². The molecule has 27 heavy (non-hydrogen) atoms. The first-order valence-corrected chi connectivity index (χ1v) is 10.7. The van der Waals surface area contributed by atoms with Crippen LogP contribution >= 0.6 is 0 Å². The van der Waals surface area contributed by atoms with Crippen molar-refractivity contribution in [3.63, 3.8) is 0 Å². The number of rotatable bonds is 5. The van der Waals surface area contributed by atoms with Gasteiger partial charge in [-0.25, -0.2) is 0 Å². The van der Waals surface area contributed by atoms with Crippen LogP contribution in [0.5, 0.6) is 0 Å². The molecule has 2 aliphatic heterocycles. The lowest BCUT2D eigenvalue weighted by molar-refractivity contribution is -0.147. The minimum atomic E-state index is -0.311. The minimum Gasteiger partial charge on any atom is -0.342 e. The Morgan fingerprint density at radius 1 is 1.15 bits per heavy atom. The molecule has 3 aliphatic rings. The van der Waals surface area contributed by atoms with Gasteiger partial charge < -0.3 is 9.80 Å². The van der Waals surface area contributed by atoms with E-state index >= 15 is 0 Å². The van der Waals surface area contributed by atoms with E-state index in [9.17, 15) is 9.59 Å². The molecule has 1 saturated carbocycles. The van der Waals surface area contributed by atoms with Crippen LogP contribution in [-0.2, 0) is 16.1 Å². The Morgan fingerprint density at radius 3 is 2.78 bits per heavy atom. The van der Waals surface area contributed by atoms with E-state index in [2.05, 4.69) is 10.00 Å². The maximum Gasteiger partial charge on any atom is 0.230 e. The van der Waals surface area contributed by atoms with Crippen LogP contribution in [0.1, 0.15) is 57.8 Å². The summed E-state index contributed by atoms with van der Waals surface area (Å²) in [7, 11) is 0. The zero-order valence-corrected chi connectivity index (χ0v) is 16.3. The lowest BCUT2D eigenvalue weighted by Gasteiger charge is -2.41. The van der Waals surface area contributed by atoms with Gasteiger partial charge in [-0.1, -0.05) is 19.3 Å². The largest absolute Gasteiger partial charge is 0.342 e. The molecule has 6 heteroatoms. The number of nitrogens with zero attached hydrogens (tertiary/aromatic N) is 4. The average Bonchev–Trinajstić information content (AvgIpc) is 3.35. The molecule has 1 spiro atoms. The molecule has 4 rings (SSSR count). The van der Waals surface area contributed by atoms with Gasteiger partial charge in [0.2, 0.25) is 11.8 Å². The number of hydrogen-bond donors (Lipinski definition) is 0. The van der Waals surface area contributed by atoms with Crippen molar-refractivity contribution in [2.45, 2.75) is 64.3 Å². The van der Waals surface area contributed by atoms with Crippen LogP contribution in [0.15, 0.2) is 18.5 Å². The molecule has 1 unspecified atom stereocenters. The van der Waals surface area contributed by atoms with Crippen LogP contribution in [-0.4, -0.2) is 57.6 Å². The topological polar surface area (TPSA) is 58.4 Å². The van der Waals surface area contributed by atoms with Gasteiger partial charge in [0.25, 0.3) is 0 Å². The van der Waals surface area contributed by atoms with Gasteiger partial charge in [0.05, 0.1) is 5.41 Å². The van der Waals surface area contributed by atoms with Gasteiger partial charge in [-0.2, -0.15) is 5.10 Å². The van der Waals surface area contributed by atoms with Crippen molar-refractivity contribution in [1.29, 1.82) is 0 Å². The van der Waals surface area contributed by atoms with E-state index < -0.39 is 0 Å². The summed E-state index contributed by atoms with van der Waals surface area (Å²) in [6, 6.07) is 1.87. The molecule has 0 radical (unpaired) electrons. The molecule has 148 valence electrons. The third-order valence-corrected chi connectivity index (χ3v) is 6.85. The number of carbonyl (C=O) groups excluding carboxylic acids is 2. The molecule has 3 heterocycles. The van der Waals surface area contributed by atoms with E-state index in [1.54, 1.807) is 10.9 Å². The molecule has 3 fully saturated rings. The SMILES string of the molecule is O=C(CCn1cccn1)N1CCC2(CCCN(CC3CCCCC3)C2=O)C1. The van der Waals surface area contributed by atoms with Crippen molar-refractivity contribution < 1.29 is 9.59 Å². The zero-order chi connectivity index (χ0) is 18.7. The molecule has 0 aromatic carbocycles. The summed E-state index contributed by atoms with van der Waals surface area (Å²) in [5, 5.41) is 4.16. The number of amides is 2. The highest BCUT2D eigenvalue weighted by atomic mass is 16.2. The van der Waals surface area contributed by atoms with Gasteiger partial charge in [-0.15, -0.1) is 0 Å². The summed E-state index contributed by atoms with van der Waals surface area (Å²) in [5.41, 5.74) is -0.311. The van der Waals surface area contributed by atoms with E-state index in [4.69, 9.17) is 0 Å². The van der Waals surface area contributed by atoms with Crippen molar-refractivity contribution in [1.82, 2.24) is 19.6 Å². The minimum absolute atomic E-state index is 0.152. The number of aromatic nitrogens is 2. The highest BCUT2D eigenvalue weighted by Crippen LogP contribution is 2.41. The zero-order valence-electron chi connectivity index (χ0n) is 16.3. The van der Waals surface area contributed by atoms with Crippen LogP contribution < -0.4 is 0 Å². The normalized spacial score (nSPS) is 26.9. The van der Waals surface area contributed by atoms with Crippen molar-refractivity contribution in [2.24, 2.45) is 11.3 Å². The molecule has 1 aromatic rings. The third kappa shape index (κ3) is 4.04. The molecular formula is C21H32N4O2. The Labute approximate surface area is 161 Å². The fourth-order valence-electron chi connectivity index (χ4n) is 5.27. The van der Waals surface area contributed by atoms with E-state index in [1.807, 2.05) is 17.2 Å². The molecule has 1 atom stereocenters. The smallest absolute Gasteiger partial charge is 0.230 e. The van der Waals surface area contributed by atoms with Gasteiger partial charge in [0, 0.05) is 51.5 Å². The lowest BCUT2D eigenvalue weighted by atomic mass is 9.77. The number of aryl methyl sites for hydroxylation is 1. The van der Waals surface area contributed by atoms with Crippen molar-refractivity contribution in [3.05, 3.63) is 18.5 Å². The van der Waals surface area contributed by atoms with Gasteiger partial charge in [0.1, 0.15) is 0 Å². The summed E-state index contributed by atoms with van der Waals surface area (Å²) >= 11 is 0. The standard InChI is InChI=1S/C21H32N4O2/c26-19(8-14-25-13-5-11-22-25)24-15-10-21(17-24)9-4-12-23(20(21)27)16-18-6-2-1-3-7-18/h5,11,13,18H,1-4,6-10,12,14-17H2. The Hall–Kier alpha value is -1.85. The molecule has 2 saturated heterocycles. The molecule has 0 N–H and O–H groups in total. The number of piperidine rings is 1. The second kappa shape index (κ2) is 8.03. The summed E-state index contributed by atoms with van der Waals surface area (Å²) in [4.78, 5) is 30.0. The Bertz CT molecular complexity index is 653. The molecular weight excluding hydrogens is 340 g/mol. The number of carbonyl (C=O) groups is 2. The second-order valence-corrected chi connectivity index (χ2v) is 8.72. The Morgan fingerprint density at radius 2 is 2.00 bits per heavy atom. The quantitative estimate of drug-likeness (QED) is 0.798. The lowest BCUT2D eigenvalue weighted by Crippen LogP contribution is -2.51. The van der Waals surface area contributed by atoms with Crippen LogP contribution in [0, 0.1) is 11.3 Å². The highest BCUT2D eigenvalue weighted by Gasteiger charge is 2.49. The van der Waals surface area contributed by atoms with Gasteiger partial charge >= 0.3 is 0 Å². The van der Waals surface area contributed by atoms with Crippen molar-refractivity contribution in [3.8, 4) is 0 Å². The Kier molecular flexibility index (Phi) is 5.50. The Balaban J connectivity index is 1.33. The fourth-order valence-corrected chi connectivity index (χ4v) is 5.27. The van der Waals surface area contributed by atoms with Gasteiger partial charge in [-0.05, 0) is 44.1 Å². The van der Waals surface area contributed by atoms with E-state index in [1.165, 1.54) is 32.1 Å². The summed E-state index contributed by atoms with van der Waals surface area (Å²) < 4.78 is 1.79. The summed E-state index contributed by atoms with van der Waals surface area (Å²) in [6.45, 7) is 3.79. The number of hydrogen-bond acceptors (Lipinski definition) is 3. The van der Waals surface area contributed by atoms with Crippen LogP contribution in [0.25, 0.3) is 0 Å². The van der Waals surface area contributed by atoms with Crippen molar-refractivity contribution >= 4 is 11.8 Å². The van der Waals surface area contributed by atoms with E-state index in [-0.39, 0.29) is 11.3 Å². The maximum absolute atomic E-state index is 13.3.